The number of anilines is 1. The van der Waals surface area contributed by atoms with Gasteiger partial charge in [0.15, 0.2) is 9.92 Å². The molecule has 0 radical (unpaired) electrons. The van der Waals surface area contributed by atoms with Crippen molar-refractivity contribution in [3.05, 3.63) is 34.5 Å². The molecule has 9 nitrogen and oxygen atoms in total. The van der Waals surface area contributed by atoms with Gasteiger partial charge in [-0.25, -0.2) is 18.8 Å². The van der Waals surface area contributed by atoms with Crippen LogP contribution in [-0.2, 0) is 46.9 Å². The van der Waals surface area contributed by atoms with Crippen molar-refractivity contribution in [3.8, 4) is 5.88 Å². The lowest BCUT2D eigenvalue weighted by Crippen LogP contribution is -2.32. The monoisotopic (exact) mass is 417 g/mol. The number of rotatable bonds is 3. The summed E-state index contributed by atoms with van der Waals surface area (Å²) < 4.78 is 29.3. The summed E-state index contributed by atoms with van der Waals surface area (Å²) in [5, 5.41) is 13.0. The van der Waals surface area contributed by atoms with Crippen LogP contribution in [0.2, 0.25) is 0 Å². The van der Waals surface area contributed by atoms with Crippen LogP contribution in [0.25, 0.3) is 0 Å². The van der Waals surface area contributed by atoms with Gasteiger partial charge >= 0.3 is 6.03 Å². The van der Waals surface area contributed by atoms with Crippen LogP contribution in [0.4, 0.5) is 10.5 Å². The van der Waals surface area contributed by atoms with E-state index in [1.807, 2.05) is 0 Å². The number of nitrogens with two attached hydrogens (primary N) is 1. The van der Waals surface area contributed by atoms with Crippen LogP contribution in [0.3, 0.4) is 0 Å². The van der Waals surface area contributed by atoms with Crippen molar-refractivity contribution in [2.24, 2.45) is 9.50 Å². The predicted octanol–water partition coefficient (Wildman–Crippen LogP) is 1.81. The van der Waals surface area contributed by atoms with E-state index in [1.165, 1.54) is 27.6 Å². The zero-order valence-electron chi connectivity index (χ0n) is 16.1. The van der Waals surface area contributed by atoms with E-state index < -0.39 is 15.9 Å². The Morgan fingerprint density at radius 3 is 2.90 bits per heavy atom. The van der Waals surface area contributed by atoms with E-state index in [2.05, 4.69) is 20.8 Å². The first-order valence-electron chi connectivity index (χ1n) is 9.70. The number of ether oxygens (including phenoxy) is 2. The Morgan fingerprint density at radius 2 is 2.14 bits per heavy atom. The first kappa shape index (κ1) is 18.6. The van der Waals surface area contributed by atoms with Crippen molar-refractivity contribution in [2.75, 3.05) is 19.0 Å². The number of carbonyl (C=O) groups is 1. The van der Waals surface area contributed by atoms with E-state index in [9.17, 15) is 9.00 Å². The summed E-state index contributed by atoms with van der Waals surface area (Å²) in [7, 11) is -1.92. The van der Waals surface area contributed by atoms with E-state index in [0.29, 0.717) is 13.2 Å². The van der Waals surface area contributed by atoms with Crippen molar-refractivity contribution in [1.29, 1.82) is 0 Å². The molecule has 1 aromatic carbocycles. The smallest absolute Gasteiger partial charge is 0.354 e. The molecule has 0 bridgehead atoms. The number of aryl methyl sites for hydroxylation is 2. The molecule has 2 aliphatic carbocycles. The maximum Gasteiger partial charge on any atom is 0.354 e. The lowest BCUT2D eigenvalue weighted by Gasteiger charge is -2.25. The number of amides is 2. The molecule has 3 aliphatic rings. The summed E-state index contributed by atoms with van der Waals surface area (Å²) in [5.74, 6) is 0.270. The number of aromatic nitrogens is 2. The maximum absolute atomic E-state index is 13.1. The number of methoxy groups -OCH3 is 1. The third-order valence-electron chi connectivity index (χ3n) is 5.89. The molecule has 2 atom stereocenters. The van der Waals surface area contributed by atoms with Gasteiger partial charge in [-0.05, 0) is 54.4 Å². The van der Waals surface area contributed by atoms with Crippen molar-refractivity contribution >= 4 is 21.6 Å². The first-order valence-corrected chi connectivity index (χ1v) is 11.3. The van der Waals surface area contributed by atoms with E-state index in [0.717, 1.165) is 43.4 Å². The molecule has 0 unspecified atom stereocenters. The number of carbonyl (C=O) groups excluding carboxylic acids is 1. The average molecular weight is 417 g/mol. The predicted molar refractivity (Wildman–Crippen MR) is 106 cm³/mol. The molecule has 0 saturated heterocycles. The second kappa shape index (κ2) is 6.82. The summed E-state index contributed by atoms with van der Waals surface area (Å²) in [5.41, 5.74) is 5.74. The van der Waals surface area contributed by atoms with Crippen LogP contribution in [-0.4, -0.2) is 39.8 Å². The topological polar surface area (TPSA) is 121 Å². The molecule has 3 N–H and O–H groups in total. The Labute approximate surface area is 168 Å². The number of nitrogens with zero attached hydrogens (tertiary/aromatic N) is 3. The first-order chi connectivity index (χ1) is 14.0. The Morgan fingerprint density at radius 1 is 1.34 bits per heavy atom. The van der Waals surface area contributed by atoms with Gasteiger partial charge in [-0.1, -0.05) is 6.07 Å². The Hall–Kier alpha value is -2.43. The number of hydrogen-bond donors (Lipinski definition) is 2. The highest BCUT2D eigenvalue weighted by atomic mass is 32.2. The zero-order valence-corrected chi connectivity index (χ0v) is 17.0. The van der Waals surface area contributed by atoms with Crippen LogP contribution in [0.5, 0.6) is 5.88 Å². The molecular formula is C19H23N5O4S. The average Bonchev–Trinajstić information content (AvgIpc) is 3.30. The van der Waals surface area contributed by atoms with E-state index in [4.69, 9.17) is 14.6 Å². The molecule has 0 saturated carbocycles. The van der Waals surface area contributed by atoms with Gasteiger partial charge in [0, 0.05) is 12.8 Å². The van der Waals surface area contributed by atoms with Crippen molar-refractivity contribution in [3.63, 3.8) is 0 Å². The van der Waals surface area contributed by atoms with Crippen LogP contribution in [0, 0.1) is 0 Å². The lowest BCUT2D eigenvalue weighted by atomic mass is 9.83. The molecule has 2 amide bonds. The van der Waals surface area contributed by atoms with Gasteiger partial charge in [-0.2, -0.15) is 5.10 Å². The van der Waals surface area contributed by atoms with E-state index in [1.54, 1.807) is 7.11 Å². The number of hydrogen-bond acceptors (Lipinski definition) is 5. The Bertz CT molecular complexity index is 1130. The van der Waals surface area contributed by atoms with Gasteiger partial charge < -0.3 is 14.8 Å². The molecular weight excluding hydrogens is 394 g/mol. The zero-order chi connectivity index (χ0) is 20.2. The van der Waals surface area contributed by atoms with Gasteiger partial charge in [-0.15, -0.1) is 4.36 Å². The number of benzene rings is 1. The fourth-order valence-electron chi connectivity index (χ4n) is 4.29. The molecule has 1 aromatic heterocycles. The van der Waals surface area contributed by atoms with Crippen molar-refractivity contribution in [2.45, 2.75) is 49.6 Å². The summed E-state index contributed by atoms with van der Waals surface area (Å²) in [4.78, 5) is 12.8. The molecule has 0 spiro atoms. The van der Waals surface area contributed by atoms with Crippen LogP contribution < -0.4 is 15.2 Å². The Balaban J connectivity index is 1.44. The molecule has 2 heterocycles. The van der Waals surface area contributed by atoms with Crippen molar-refractivity contribution < 1.29 is 18.5 Å². The summed E-state index contributed by atoms with van der Waals surface area (Å²) in [6.07, 6.45) is 6.19. The van der Waals surface area contributed by atoms with Gasteiger partial charge in [0.05, 0.1) is 12.7 Å². The second-order valence-corrected chi connectivity index (χ2v) is 9.40. The Kier molecular flexibility index (Phi) is 4.37. The third kappa shape index (κ3) is 3.11. The van der Waals surface area contributed by atoms with Crippen molar-refractivity contribution in [1.82, 2.24) is 9.78 Å². The van der Waals surface area contributed by atoms with Gasteiger partial charge in [0.25, 0.3) is 0 Å². The van der Waals surface area contributed by atoms with Gasteiger partial charge in [0.1, 0.15) is 17.6 Å². The number of nitrogens with one attached hydrogen (secondary N) is 1. The standard InChI is InChI=1S/C19H23N5O4S/c1-27-13-9-24-18(28-10-13)16(8-21-24)29(20,26)23-19(25)22-17-14-4-2-3-11(14)7-12-5-6-15(12)17/h7-8,13H,2-6,9-10H2,1H3,(H3,20,22,23,25,26)/t13-,29+/m0/s1. The minimum absolute atomic E-state index is 0.119. The molecule has 2 aromatic rings. The fourth-order valence-corrected chi connectivity index (χ4v) is 5.29. The largest absolute Gasteiger partial charge is 0.474 e. The highest BCUT2D eigenvalue weighted by Crippen LogP contribution is 2.39. The molecule has 154 valence electrons. The summed E-state index contributed by atoms with van der Waals surface area (Å²) in [6.45, 7) is 0.745. The summed E-state index contributed by atoms with van der Waals surface area (Å²) >= 11 is 0. The van der Waals surface area contributed by atoms with Gasteiger partial charge in [0.2, 0.25) is 5.88 Å². The highest BCUT2D eigenvalue weighted by Gasteiger charge is 2.29. The third-order valence-corrected chi connectivity index (χ3v) is 7.23. The molecule has 0 fully saturated rings. The van der Waals surface area contributed by atoms with E-state index in [-0.39, 0.29) is 16.9 Å². The van der Waals surface area contributed by atoms with Crippen LogP contribution >= 0.6 is 0 Å². The molecule has 10 heteroatoms. The van der Waals surface area contributed by atoms with Crippen LogP contribution in [0.15, 0.2) is 21.5 Å². The van der Waals surface area contributed by atoms with E-state index >= 15 is 0 Å². The SMILES string of the molecule is CO[C@@H]1COc2c([S@](N)(=O)=NC(=O)Nc3c4c(cc5c3CC5)CCC4)cnn2C1. The molecule has 1 aliphatic heterocycles. The second-order valence-electron chi connectivity index (χ2n) is 7.64. The molecule has 29 heavy (non-hydrogen) atoms. The maximum atomic E-state index is 13.1. The van der Waals surface area contributed by atoms with Gasteiger partial charge in [-0.3, -0.25) is 0 Å². The summed E-state index contributed by atoms with van der Waals surface area (Å²) in [6, 6.07) is 1.54. The molecule has 5 rings (SSSR count). The number of urea groups is 1. The number of fused-ring (bicyclic) bond motifs is 3. The normalized spacial score (nSPS) is 21.1. The highest BCUT2D eigenvalue weighted by molar-refractivity contribution is 7.91. The quantitative estimate of drug-likeness (QED) is 0.789. The minimum Gasteiger partial charge on any atom is -0.474 e. The lowest BCUT2D eigenvalue weighted by molar-refractivity contribution is 0.0165. The minimum atomic E-state index is -3.51. The van der Waals surface area contributed by atoms with Crippen LogP contribution in [0.1, 0.15) is 28.7 Å². The fraction of sp³-hybridized carbons (Fsp3) is 0.474.